The van der Waals surface area contributed by atoms with Gasteiger partial charge in [0.25, 0.3) is 5.91 Å². The predicted octanol–water partition coefficient (Wildman–Crippen LogP) is 4.09. The quantitative estimate of drug-likeness (QED) is 0.791. The second kappa shape index (κ2) is 5.73. The second-order valence-electron chi connectivity index (χ2n) is 4.97. The van der Waals surface area contributed by atoms with E-state index >= 15 is 0 Å². The van der Waals surface area contributed by atoms with Crippen LogP contribution in [0.15, 0.2) is 48.7 Å². The molecule has 3 aromatic rings. The zero-order valence-corrected chi connectivity index (χ0v) is 13.0. The Kier molecular flexibility index (Phi) is 3.77. The first-order valence-electron chi connectivity index (χ1n) is 6.79. The van der Waals surface area contributed by atoms with Crippen molar-refractivity contribution in [3.8, 4) is 5.75 Å². The third kappa shape index (κ3) is 2.53. The van der Waals surface area contributed by atoms with Gasteiger partial charge in [-0.1, -0.05) is 17.7 Å². The lowest BCUT2D eigenvalue weighted by atomic mass is 10.1. The fraction of sp³-hybridized carbons (Fsp3) is 0.118. The molecule has 1 aromatic heterocycles. The third-order valence-corrected chi connectivity index (χ3v) is 3.88. The number of ether oxygens (including phenoxy) is 1. The number of aromatic nitrogens is 1. The predicted molar refractivity (Wildman–Crippen MR) is 88.9 cm³/mol. The van der Waals surface area contributed by atoms with Crippen molar-refractivity contribution >= 4 is 34.1 Å². The Morgan fingerprint density at radius 3 is 2.77 bits per heavy atom. The molecule has 22 heavy (non-hydrogen) atoms. The lowest BCUT2D eigenvalue weighted by Crippen LogP contribution is -2.12. The van der Waals surface area contributed by atoms with E-state index < -0.39 is 0 Å². The molecule has 0 atom stereocenters. The first-order valence-corrected chi connectivity index (χ1v) is 7.17. The minimum Gasteiger partial charge on any atom is -0.495 e. The van der Waals surface area contributed by atoms with Crippen LogP contribution < -0.4 is 10.1 Å². The summed E-state index contributed by atoms with van der Waals surface area (Å²) in [7, 11) is 3.50. The van der Waals surface area contributed by atoms with E-state index in [1.807, 2.05) is 42.1 Å². The number of carbonyl (C=O) groups excluding carboxylic acids is 1. The summed E-state index contributed by atoms with van der Waals surface area (Å²) in [5, 5.41) is 4.24. The van der Waals surface area contributed by atoms with Crippen molar-refractivity contribution in [3.63, 3.8) is 0 Å². The first kappa shape index (κ1) is 14.5. The number of nitrogens with zero attached hydrogens (tertiary/aromatic N) is 1. The van der Waals surface area contributed by atoms with Crippen molar-refractivity contribution in [2.24, 2.45) is 7.05 Å². The Morgan fingerprint density at radius 2 is 2.05 bits per heavy atom. The smallest absolute Gasteiger partial charge is 0.256 e. The van der Waals surface area contributed by atoms with Crippen LogP contribution in [0.3, 0.4) is 0 Å². The molecule has 5 heteroatoms. The number of aryl methyl sites for hydroxylation is 1. The molecule has 0 aliphatic rings. The molecule has 3 rings (SSSR count). The number of anilines is 1. The van der Waals surface area contributed by atoms with Crippen LogP contribution >= 0.6 is 11.6 Å². The summed E-state index contributed by atoms with van der Waals surface area (Å²) in [4.78, 5) is 12.5. The molecule has 0 aliphatic heterocycles. The molecule has 0 saturated carbocycles. The van der Waals surface area contributed by atoms with Gasteiger partial charge in [-0.3, -0.25) is 4.79 Å². The van der Waals surface area contributed by atoms with Crippen LogP contribution in [-0.4, -0.2) is 17.6 Å². The summed E-state index contributed by atoms with van der Waals surface area (Å²) >= 11 is 6.08. The van der Waals surface area contributed by atoms with Crippen LogP contribution in [0.5, 0.6) is 5.75 Å². The van der Waals surface area contributed by atoms with Crippen LogP contribution in [0.4, 0.5) is 5.69 Å². The summed E-state index contributed by atoms with van der Waals surface area (Å²) < 4.78 is 7.09. The molecule has 0 saturated heterocycles. The van der Waals surface area contributed by atoms with Crippen LogP contribution in [-0.2, 0) is 7.05 Å². The molecular formula is C17H15ClN2O2. The minimum absolute atomic E-state index is 0.168. The Hall–Kier alpha value is -2.46. The van der Waals surface area contributed by atoms with Gasteiger partial charge < -0.3 is 14.6 Å². The van der Waals surface area contributed by atoms with E-state index in [4.69, 9.17) is 16.3 Å². The minimum atomic E-state index is -0.168. The molecule has 0 bridgehead atoms. The summed E-state index contributed by atoms with van der Waals surface area (Å²) in [6.07, 6.45) is 1.94. The van der Waals surface area contributed by atoms with Crippen molar-refractivity contribution in [1.29, 1.82) is 0 Å². The zero-order valence-electron chi connectivity index (χ0n) is 12.3. The lowest BCUT2D eigenvalue weighted by molar-refractivity contribution is 0.102. The molecular weight excluding hydrogens is 300 g/mol. The first-order chi connectivity index (χ1) is 10.6. The van der Waals surface area contributed by atoms with Gasteiger partial charge in [0.1, 0.15) is 5.75 Å². The van der Waals surface area contributed by atoms with Gasteiger partial charge in [0.2, 0.25) is 0 Å². The Morgan fingerprint density at radius 1 is 1.23 bits per heavy atom. The number of hydrogen-bond acceptors (Lipinski definition) is 2. The maximum Gasteiger partial charge on any atom is 0.256 e. The topological polar surface area (TPSA) is 43.3 Å². The maximum absolute atomic E-state index is 12.5. The number of hydrogen-bond donors (Lipinski definition) is 1. The van der Waals surface area contributed by atoms with Gasteiger partial charge in [-0.2, -0.15) is 0 Å². The Labute approximate surface area is 133 Å². The molecule has 1 amide bonds. The summed E-state index contributed by atoms with van der Waals surface area (Å²) in [6, 6.07) is 12.8. The zero-order chi connectivity index (χ0) is 15.7. The van der Waals surface area contributed by atoms with Gasteiger partial charge in [-0.05, 0) is 36.4 Å². The van der Waals surface area contributed by atoms with Crippen LogP contribution in [0, 0.1) is 0 Å². The van der Waals surface area contributed by atoms with E-state index in [0.717, 1.165) is 10.9 Å². The molecule has 0 unspecified atom stereocenters. The highest BCUT2D eigenvalue weighted by Gasteiger charge is 2.12. The van der Waals surface area contributed by atoms with E-state index in [2.05, 4.69) is 5.32 Å². The Balaban J connectivity index is 1.92. The van der Waals surface area contributed by atoms with Crippen LogP contribution in [0.2, 0.25) is 5.02 Å². The summed E-state index contributed by atoms with van der Waals surface area (Å²) in [5.41, 5.74) is 2.27. The molecule has 0 spiro atoms. The highest BCUT2D eigenvalue weighted by molar-refractivity contribution is 6.32. The van der Waals surface area contributed by atoms with Gasteiger partial charge in [0, 0.05) is 35.4 Å². The van der Waals surface area contributed by atoms with E-state index in [-0.39, 0.29) is 5.91 Å². The maximum atomic E-state index is 12.5. The SMILES string of the molecule is COc1ccc(NC(=O)c2cccc3c2ccn3C)cc1Cl. The fourth-order valence-electron chi connectivity index (χ4n) is 2.44. The number of rotatable bonds is 3. The summed E-state index contributed by atoms with van der Waals surface area (Å²) in [5.74, 6) is 0.405. The van der Waals surface area contributed by atoms with Crippen LogP contribution in [0.25, 0.3) is 10.9 Å². The van der Waals surface area contributed by atoms with E-state index in [1.54, 1.807) is 25.3 Å². The molecule has 0 fully saturated rings. The number of methoxy groups -OCH3 is 1. The molecule has 0 aliphatic carbocycles. The summed E-state index contributed by atoms with van der Waals surface area (Å²) in [6.45, 7) is 0. The average Bonchev–Trinajstić information content (AvgIpc) is 2.89. The number of amides is 1. The van der Waals surface area contributed by atoms with Gasteiger partial charge in [0.15, 0.2) is 0 Å². The van der Waals surface area contributed by atoms with E-state index in [0.29, 0.717) is 22.0 Å². The van der Waals surface area contributed by atoms with Gasteiger partial charge in [-0.25, -0.2) is 0 Å². The van der Waals surface area contributed by atoms with Crippen molar-refractivity contribution in [1.82, 2.24) is 4.57 Å². The molecule has 1 N–H and O–H groups in total. The number of nitrogens with one attached hydrogen (secondary N) is 1. The van der Waals surface area contributed by atoms with Gasteiger partial charge in [-0.15, -0.1) is 0 Å². The third-order valence-electron chi connectivity index (χ3n) is 3.58. The van der Waals surface area contributed by atoms with Crippen molar-refractivity contribution in [3.05, 3.63) is 59.2 Å². The fourth-order valence-corrected chi connectivity index (χ4v) is 2.70. The number of halogens is 1. The van der Waals surface area contributed by atoms with Crippen LogP contribution in [0.1, 0.15) is 10.4 Å². The second-order valence-corrected chi connectivity index (χ2v) is 5.38. The molecule has 112 valence electrons. The molecule has 4 nitrogen and oxygen atoms in total. The van der Waals surface area contributed by atoms with Gasteiger partial charge in [0.05, 0.1) is 12.1 Å². The molecule has 0 radical (unpaired) electrons. The normalized spacial score (nSPS) is 10.7. The van der Waals surface area contributed by atoms with Gasteiger partial charge >= 0.3 is 0 Å². The highest BCUT2D eigenvalue weighted by atomic mass is 35.5. The van der Waals surface area contributed by atoms with E-state index in [1.165, 1.54) is 0 Å². The number of carbonyl (C=O) groups is 1. The molecule has 2 aromatic carbocycles. The van der Waals surface area contributed by atoms with Crippen molar-refractivity contribution < 1.29 is 9.53 Å². The average molecular weight is 315 g/mol. The highest BCUT2D eigenvalue weighted by Crippen LogP contribution is 2.28. The lowest BCUT2D eigenvalue weighted by Gasteiger charge is -2.09. The Bertz CT molecular complexity index is 855. The molecule has 1 heterocycles. The largest absolute Gasteiger partial charge is 0.495 e. The van der Waals surface area contributed by atoms with Crippen molar-refractivity contribution in [2.45, 2.75) is 0 Å². The van der Waals surface area contributed by atoms with E-state index in [9.17, 15) is 4.79 Å². The number of benzene rings is 2. The standard InChI is InChI=1S/C17H15ClN2O2/c1-20-9-8-12-13(4-3-5-15(12)20)17(21)19-11-6-7-16(22-2)14(18)10-11/h3-10H,1-2H3,(H,19,21). The van der Waals surface area contributed by atoms with Crippen molar-refractivity contribution in [2.75, 3.05) is 12.4 Å². The number of fused-ring (bicyclic) bond motifs is 1. The monoisotopic (exact) mass is 314 g/mol.